The van der Waals surface area contributed by atoms with E-state index in [0.717, 1.165) is 37.2 Å². The van der Waals surface area contributed by atoms with Crippen LogP contribution in [0.2, 0.25) is 0 Å². The van der Waals surface area contributed by atoms with E-state index in [1.165, 1.54) is 0 Å². The fourth-order valence-corrected chi connectivity index (χ4v) is 2.10. The molecule has 0 amide bonds. The molecule has 1 aliphatic rings. The molecular formula is C14H18O4. The molecule has 1 fully saturated rings. The van der Waals surface area contributed by atoms with Crippen LogP contribution >= 0.6 is 0 Å². The highest BCUT2D eigenvalue weighted by molar-refractivity contribution is 5.70. The number of hydrogen-bond donors (Lipinski definition) is 1. The fourth-order valence-electron chi connectivity index (χ4n) is 2.10. The van der Waals surface area contributed by atoms with Gasteiger partial charge < -0.3 is 14.6 Å². The van der Waals surface area contributed by atoms with Crippen molar-refractivity contribution in [3.8, 4) is 5.75 Å². The molecule has 1 atom stereocenters. The second-order valence-electron chi connectivity index (χ2n) is 4.49. The minimum absolute atomic E-state index is 0.0307. The van der Waals surface area contributed by atoms with E-state index in [2.05, 4.69) is 0 Å². The molecule has 1 saturated heterocycles. The van der Waals surface area contributed by atoms with Gasteiger partial charge in [-0.15, -0.1) is 0 Å². The smallest absolute Gasteiger partial charge is 0.307 e. The van der Waals surface area contributed by atoms with Gasteiger partial charge in [0.05, 0.1) is 19.1 Å². The lowest BCUT2D eigenvalue weighted by molar-refractivity contribution is -0.136. The van der Waals surface area contributed by atoms with Crippen molar-refractivity contribution >= 4 is 5.97 Å². The van der Waals surface area contributed by atoms with Crippen LogP contribution in [0.15, 0.2) is 24.3 Å². The number of carbonyl (C=O) groups is 1. The first-order chi connectivity index (χ1) is 8.74. The van der Waals surface area contributed by atoms with Gasteiger partial charge in [-0.05, 0) is 30.5 Å². The monoisotopic (exact) mass is 250 g/mol. The zero-order chi connectivity index (χ0) is 12.8. The lowest BCUT2D eigenvalue weighted by atomic mass is 10.1. The van der Waals surface area contributed by atoms with Crippen molar-refractivity contribution in [3.63, 3.8) is 0 Å². The van der Waals surface area contributed by atoms with Crippen LogP contribution in [0, 0.1) is 0 Å². The van der Waals surface area contributed by atoms with E-state index in [1.807, 2.05) is 12.1 Å². The SMILES string of the molecule is O=C(O)Cc1cccc(OCCC2CCCO2)c1. The zero-order valence-corrected chi connectivity index (χ0v) is 10.3. The maximum Gasteiger partial charge on any atom is 0.307 e. The number of ether oxygens (including phenoxy) is 2. The zero-order valence-electron chi connectivity index (χ0n) is 10.3. The minimum atomic E-state index is -0.827. The van der Waals surface area contributed by atoms with Crippen LogP contribution in [0.5, 0.6) is 5.75 Å². The maximum absolute atomic E-state index is 10.6. The molecule has 1 aromatic carbocycles. The average Bonchev–Trinajstić information content (AvgIpc) is 2.82. The Labute approximate surface area is 107 Å². The van der Waals surface area contributed by atoms with Gasteiger partial charge in [-0.2, -0.15) is 0 Å². The van der Waals surface area contributed by atoms with Gasteiger partial charge in [-0.25, -0.2) is 0 Å². The third-order valence-corrected chi connectivity index (χ3v) is 2.99. The number of rotatable bonds is 6. The van der Waals surface area contributed by atoms with Crippen molar-refractivity contribution in [2.24, 2.45) is 0 Å². The molecule has 4 heteroatoms. The molecule has 1 heterocycles. The van der Waals surface area contributed by atoms with Gasteiger partial charge >= 0.3 is 5.97 Å². The summed E-state index contributed by atoms with van der Waals surface area (Å²) in [7, 11) is 0. The van der Waals surface area contributed by atoms with Crippen LogP contribution in [0.3, 0.4) is 0 Å². The highest BCUT2D eigenvalue weighted by atomic mass is 16.5. The Kier molecular flexibility index (Phi) is 4.59. The van der Waals surface area contributed by atoms with E-state index in [4.69, 9.17) is 14.6 Å². The van der Waals surface area contributed by atoms with E-state index in [0.29, 0.717) is 12.7 Å². The molecule has 4 nitrogen and oxygen atoms in total. The molecule has 0 aromatic heterocycles. The minimum Gasteiger partial charge on any atom is -0.493 e. The summed E-state index contributed by atoms with van der Waals surface area (Å²) in [5, 5.41) is 8.72. The summed E-state index contributed by atoms with van der Waals surface area (Å²) in [6.45, 7) is 1.47. The Morgan fingerprint density at radius 2 is 2.39 bits per heavy atom. The third kappa shape index (κ3) is 4.04. The van der Waals surface area contributed by atoms with E-state index in [-0.39, 0.29) is 6.42 Å². The summed E-state index contributed by atoms with van der Waals surface area (Å²) in [6.07, 6.45) is 3.50. The van der Waals surface area contributed by atoms with E-state index >= 15 is 0 Å². The largest absolute Gasteiger partial charge is 0.493 e. The standard InChI is InChI=1S/C14H18O4/c15-14(16)10-11-3-1-4-13(9-11)18-8-6-12-5-2-7-17-12/h1,3-4,9,12H,2,5-8,10H2,(H,15,16). The van der Waals surface area contributed by atoms with Crippen LogP contribution in [-0.2, 0) is 16.0 Å². The molecule has 0 saturated carbocycles. The molecule has 1 aromatic rings. The van der Waals surface area contributed by atoms with Crippen molar-refractivity contribution in [3.05, 3.63) is 29.8 Å². The van der Waals surface area contributed by atoms with Gasteiger partial charge in [0.1, 0.15) is 5.75 Å². The van der Waals surface area contributed by atoms with Gasteiger partial charge in [0.25, 0.3) is 0 Å². The summed E-state index contributed by atoms with van der Waals surface area (Å²) >= 11 is 0. The average molecular weight is 250 g/mol. The predicted molar refractivity (Wildman–Crippen MR) is 66.9 cm³/mol. The molecule has 1 unspecified atom stereocenters. The molecular weight excluding hydrogens is 232 g/mol. The van der Waals surface area contributed by atoms with Crippen molar-refractivity contribution in [2.45, 2.75) is 31.8 Å². The van der Waals surface area contributed by atoms with Crippen LogP contribution < -0.4 is 4.74 Å². The molecule has 0 bridgehead atoms. The molecule has 1 N–H and O–H groups in total. The third-order valence-electron chi connectivity index (χ3n) is 2.99. The van der Waals surface area contributed by atoms with Crippen molar-refractivity contribution in [1.82, 2.24) is 0 Å². The summed E-state index contributed by atoms with van der Waals surface area (Å²) in [5.41, 5.74) is 0.761. The second kappa shape index (κ2) is 6.40. The van der Waals surface area contributed by atoms with Gasteiger partial charge in [0.15, 0.2) is 0 Å². The Hall–Kier alpha value is -1.55. The summed E-state index contributed by atoms with van der Waals surface area (Å²) in [6, 6.07) is 7.24. The van der Waals surface area contributed by atoms with Crippen LogP contribution in [0.1, 0.15) is 24.8 Å². The molecule has 0 spiro atoms. The van der Waals surface area contributed by atoms with Gasteiger partial charge in [-0.1, -0.05) is 12.1 Å². The van der Waals surface area contributed by atoms with Crippen molar-refractivity contribution in [1.29, 1.82) is 0 Å². The molecule has 0 aliphatic carbocycles. The Bertz CT molecular complexity index is 397. The maximum atomic E-state index is 10.6. The van der Waals surface area contributed by atoms with Crippen LogP contribution in [0.4, 0.5) is 0 Å². The highest BCUT2D eigenvalue weighted by Gasteiger charge is 2.15. The lowest BCUT2D eigenvalue weighted by Gasteiger charge is -2.11. The van der Waals surface area contributed by atoms with Crippen molar-refractivity contribution < 1.29 is 19.4 Å². The van der Waals surface area contributed by atoms with Crippen LogP contribution in [-0.4, -0.2) is 30.4 Å². The normalized spacial score (nSPS) is 18.8. The summed E-state index contributed by atoms with van der Waals surface area (Å²) < 4.78 is 11.1. The first-order valence-corrected chi connectivity index (χ1v) is 6.29. The van der Waals surface area contributed by atoms with Crippen molar-refractivity contribution in [2.75, 3.05) is 13.2 Å². The second-order valence-corrected chi connectivity index (χ2v) is 4.49. The molecule has 1 aliphatic heterocycles. The van der Waals surface area contributed by atoms with Gasteiger partial charge in [0.2, 0.25) is 0 Å². The molecule has 0 radical (unpaired) electrons. The van der Waals surface area contributed by atoms with E-state index in [1.54, 1.807) is 12.1 Å². The number of hydrogen-bond acceptors (Lipinski definition) is 3. The van der Waals surface area contributed by atoms with Crippen LogP contribution in [0.25, 0.3) is 0 Å². The van der Waals surface area contributed by atoms with E-state index in [9.17, 15) is 4.79 Å². The quantitative estimate of drug-likeness (QED) is 0.841. The number of aliphatic carboxylic acids is 1. The molecule has 18 heavy (non-hydrogen) atoms. The predicted octanol–water partition coefficient (Wildman–Crippen LogP) is 2.26. The Morgan fingerprint density at radius 1 is 1.50 bits per heavy atom. The molecule has 98 valence electrons. The first kappa shape index (κ1) is 12.9. The molecule has 2 rings (SSSR count). The summed E-state index contributed by atoms with van der Waals surface area (Å²) in [4.78, 5) is 10.6. The topological polar surface area (TPSA) is 55.8 Å². The fraction of sp³-hybridized carbons (Fsp3) is 0.500. The van der Waals surface area contributed by atoms with Gasteiger partial charge in [-0.3, -0.25) is 4.79 Å². The number of carboxylic acids is 1. The summed E-state index contributed by atoms with van der Waals surface area (Å²) in [5.74, 6) is -0.0988. The Balaban J connectivity index is 1.79. The number of benzene rings is 1. The highest BCUT2D eigenvalue weighted by Crippen LogP contribution is 2.17. The Morgan fingerprint density at radius 3 is 3.11 bits per heavy atom. The number of carboxylic acid groups (broad SMARTS) is 1. The van der Waals surface area contributed by atoms with Gasteiger partial charge in [0, 0.05) is 13.0 Å². The van der Waals surface area contributed by atoms with E-state index < -0.39 is 5.97 Å². The lowest BCUT2D eigenvalue weighted by Crippen LogP contribution is -2.10. The first-order valence-electron chi connectivity index (χ1n) is 6.29.